The fraction of sp³-hybridized carbons (Fsp3) is 0.0857. The van der Waals surface area contributed by atoms with E-state index < -0.39 is 0 Å². The second kappa shape index (κ2) is 21.0. The van der Waals surface area contributed by atoms with Crippen LogP contribution in [0.4, 0.5) is 34.6 Å². The standard InChI is InChI=1S/C70H56N8/c1-45-37-47(3)63(48(4)38-45)77(64-49(5)39-46(2)40-50(64)6)61-33-35-62(36-34-61)78(69-73-65(54-26-15-9-16-27-54)71-67(75-69)57-32-31-53-25-19-20-30-56(53)41-57)70-74-66(55-28-17-10-18-29-55)72-68(76-70)60-43-58(51-21-11-7-12-22-51)42-59(44-60)52-23-13-8-14-24-52/h7-44H,1-6H3. The Morgan fingerprint density at radius 1 is 0.244 bits per heavy atom. The van der Waals surface area contributed by atoms with Gasteiger partial charge in [-0.05, 0) is 145 Å². The number of hydrogen-bond acceptors (Lipinski definition) is 8. The van der Waals surface area contributed by atoms with Crippen molar-refractivity contribution in [3.8, 4) is 67.8 Å². The lowest BCUT2D eigenvalue weighted by atomic mass is 9.96. The van der Waals surface area contributed by atoms with Crippen molar-refractivity contribution >= 4 is 45.4 Å². The van der Waals surface area contributed by atoms with Crippen LogP contribution in [0.2, 0.25) is 0 Å². The lowest BCUT2D eigenvalue weighted by molar-refractivity contribution is 0.964. The maximum atomic E-state index is 5.51. The zero-order valence-corrected chi connectivity index (χ0v) is 44.5. The first-order valence-electron chi connectivity index (χ1n) is 26.3. The molecule has 0 unspecified atom stereocenters. The highest BCUT2D eigenvalue weighted by Gasteiger charge is 2.27. The molecule has 78 heavy (non-hydrogen) atoms. The Morgan fingerprint density at radius 3 is 1.03 bits per heavy atom. The van der Waals surface area contributed by atoms with Crippen molar-refractivity contribution < 1.29 is 0 Å². The molecule has 0 bridgehead atoms. The third-order valence-corrected chi connectivity index (χ3v) is 14.2. The van der Waals surface area contributed by atoms with Gasteiger partial charge in [-0.15, -0.1) is 0 Å². The Hall–Kier alpha value is -9.92. The summed E-state index contributed by atoms with van der Waals surface area (Å²) in [6.07, 6.45) is 0. The first-order valence-corrected chi connectivity index (χ1v) is 26.3. The molecule has 8 nitrogen and oxygen atoms in total. The molecule has 10 aromatic carbocycles. The Morgan fingerprint density at radius 2 is 0.590 bits per heavy atom. The number of fused-ring (bicyclic) bond motifs is 1. The molecule has 0 atom stereocenters. The molecule has 8 heteroatoms. The van der Waals surface area contributed by atoms with Crippen LogP contribution >= 0.6 is 0 Å². The number of aromatic nitrogens is 6. The zero-order chi connectivity index (χ0) is 53.3. The molecule has 0 N–H and O–H groups in total. The SMILES string of the molecule is Cc1cc(C)c(N(c2ccc(N(c3nc(-c4ccccc4)nc(-c4cc(-c5ccccc5)cc(-c5ccccc5)c4)n3)c3nc(-c4ccccc4)nc(-c4ccc5ccccc5c4)n3)cc2)c2c(C)cc(C)cc2C)c(C)c1. The summed E-state index contributed by atoms with van der Waals surface area (Å²) in [6, 6.07) is 79.9. The van der Waals surface area contributed by atoms with Crippen LogP contribution in [0.15, 0.2) is 231 Å². The van der Waals surface area contributed by atoms with Crippen LogP contribution in [0.3, 0.4) is 0 Å². The molecule has 0 amide bonds. The third kappa shape index (κ3) is 9.91. The quantitative estimate of drug-likeness (QED) is 0.120. The Bertz CT molecular complexity index is 3980. The van der Waals surface area contributed by atoms with Gasteiger partial charge in [-0.1, -0.05) is 193 Å². The summed E-state index contributed by atoms with van der Waals surface area (Å²) < 4.78 is 0. The maximum Gasteiger partial charge on any atom is 0.241 e. The van der Waals surface area contributed by atoms with Gasteiger partial charge in [0.05, 0.1) is 17.1 Å². The topological polar surface area (TPSA) is 83.8 Å². The van der Waals surface area contributed by atoms with Gasteiger partial charge in [0, 0.05) is 27.9 Å². The van der Waals surface area contributed by atoms with Crippen LogP contribution in [-0.2, 0) is 0 Å². The smallest absolute Gasteiger partial charge is 0.241 e. The summed E-state index contributed by atoms with van der Waals surface area (Å²) in [7, 11) is 0. The van der Waals surface area contributed by atoms with Crippen molar-refractivity contribution in [1.82, 2.24) is 29.9 Å². The van der Waals surface area contributed by atoms with E-state index in [2.05, 4.69) is 204 Å². The van der Waals surface area contributed by atoms with Crippen LogP contribution < -0.4 is 9.80 Å². The molecule has 0 aliphatic heterocycles. The number of rotatable bonds is 12. The van der Waals surface area contributed by atoms with Crippen LogP contribution in [0, 0.1) is 41.5 Å². The minimum atomic E-state index is 0.333. The molecule has 2 heterocycles. The molecule has 0 saturated carbocycles. The molecular formula is C70H56N8. The van der Waals surface area contributed by atoms with Crippen molar-refractivity contribution in [3.63, 3.8) is 0 Å². The average Bonchev–Trinajstić information content (AvgIpc) is 3.56. The van der Waals surface area contributed by atoms with E-state index in [4.69, 9.17) is 29.9 Å². The van der Waals surface area contributed by atoms with E-state index in [1.165, 1.54) is 33.4 Å². The Kier molecular flexibility index (Phi) is 13.2. The van der Waals surface area contributed by atoms with Gasteiger partial charge in [0.15, 0.2) is 23.3 Å². The van der Waals surface area contributed by atoms with E-state index >= 15 is 0 Å². The van der Waals surface area contributed by atoms with Gasteiger partial charge in [0.1, 0.15) is 0 Å². The fourth-order valence-electron chi connectivity index (χ4n) is 10.8. The summed E-state index contributed by atoms with van der Waals surface area (Å²) in [5, 5.41) is 2.20. The van der Waals surface area contributed by atoms with Crippen molar-refractivity contribution in [3.05, 3.63) is 264 Å². The molecule has 2 aromatic heterocycles. The highest BCUT2D eigenvalue weighted by molar-refractivity contribution is 5.88. The molecule has 12 rings (SSSR count). The van der Waals surface area contributed by atoms with Gasteiger partial charge in [-0.25, -0.2) is 14.9 Å². The molecule has 0 aliphatic carbocycles. The van der Waals surface area contributed by atoms with Crippen LogP contribution in [0.5, 0.6) is 0 Å². The largest absolute Gasteiger partial charge is 0.309 e. The van der Waals surface area contributed by atoms with Crippen molar-refractivity contribution in [1.29, 1.82) is 0 Å². The molecule has 376 valence electrons. The Labute approximate surface area is 456 Å². The van der Waals surface area contributed by atoms with Crippen LogP contribution in [-0.4, -0.2) is 29.9 Å². The number of anilines is 6. The number of hydrogen-bond donors (Lipinski definition) is 0. The Balaban J connectivity index is 1.12. The van der Waals surface area contributed by atoms with Gasteiger partial charge in [0.25, 0.3) is 0 Å². The molecule has 0 spiro atoms. The lowest BCUT2D eigenvalue weighted by Crippen LogP contribution is -2.19. The highest BCUT2D eigenvalue weighted by Crippen LogP contribution is 2.44. The minimum Gasteiger partial charge on any atom is -0.309 e. The third-order valence-electron chi connectivity index (χ3n) is 14.2. The van der Waals surface area contributed by atoms with E-state index in [1.54, 1.807) is 0 Å². The lowest BCUT2D eigenvalue weighted by Gasteiger charge is -2.32. The molecule has 0 saturated heterocycles. The number of nitrogens with zero attached hydrogens (tertiary/aromatic N) is 8. The second-order valence-corrected chi connectivity index (χ2v) is 20.1. The monoisotopic (exact) mass is 1010 g/mol. The summed E-state index contributed by atoms with van der Waals surface area (Å²) in [6.45, 7) is 13.1. The maximum absolute atomic E-state index is 5.51. The van der Waals surface area contributed by atoms with E-state index in [9.17, 15) is 0 Å². The van der Waals surface area contributed by atoms with E-state index in [1.807, 2.05) is 77.7 Å². The van der Waals surface area contributed by atoms with Gasteiger partial charge >= 0.3 is 0 Å². The van der Waals surface area contributed by atoms with Gasteiger partial charge in [-0.3, -0.25) is 0 Å². The number of benzene rings is 10. The fourth-order valence-corrected chi connectivity index (χ4v) is 10.8. The summed E-state index contributed by atoms with van der Waals surface area (Å²) in [4.78, 5) is 36.6. The van der Waals surface area contributed by atoms with Crippen molar-refractivity contribution in [2.24, 2.45) is 0 Å². The molecule has 0 radical (unpaired) electrons. The van der Waals surface area contributed by atoms with E-state index in [-0.39, 0.29) is 0 Å². The minimum absolute atomic E-state index is 0.333. The molecule has 0 fully saturated rings. The highest BCUT2D eigenvalue weighted by atomic mass is 15.4. The predicted molar refractivity (Wildman–Crippen MR) is 321 cm³/mol. The summed E-state index contributed by atoms with van der Waals surface area (Å²) in [5.74, 6) is 2.68. The second-order valence-electron chi connectivity index (χ2n) is 20.1. The van der Waals surface area contributed by atoms with Crippen molar-refractivity contribution in [2.75, 3.05) is 9.80 Å². The number of aryl methyl sites for hydroxylation is 6. The van der Waals surface area contributed by atoms with Gasteiger partial charge < -0.3 is 4.90 Å². The first-order chi connectivity index (χ1) is 38.1. The van der Waals surface area contributed by atoms with E-state index in [0.29, 0.717) is 35.2 Å². The van der Waals surface area contributed by atoms with Gasteiger partial charge in [0.2, 0.25) is 11.9 Å². The molecule has 0 aliphatic rings. The molecule has 12 aromatic rings. The average molecular weight is 1010 g/mol. The van der Waals surface area contributed by atoms with Crippen molar-refractivity contribution in [2.45, 2.75) is 41.5 Å². The summed E-state index contributed by atoms with van der Waals surface area (Å²) >= 11 is 0. The van der Waals surface area contributed by atoms with Gasteiger partial charge in [-0.2, -0.15) is 19.9 Å². The normalized spacial score (nSPS) is 11.2. The first kappa shape index (κ1) is 49.0. The zero-order valence-electron chi connectivity index (χ0n) is 44.5. The van der Waals surface area contributed by atoms with Crippen LogP contribution in [0.25, 0.3) is 78.6 Å². The van der Waals surface area contributed by atoms with Crippen LogP contribution in [0.1, 0.15) is 33.4 Å². The molecular weight excluding hydrogens is 953 g/mol. The van der Waals surface area contributed by atoms with E-state index in [0.717, 1.165) is 78.0 Å². The summed E-state index contributed by atoms with van der Waals surface area (Å²) in [5.41, 5.74) is 18.8. The predicted octanol–water partition coefficient (Wildman–Crippen LogP) is 18.0.